The monoisotopic (exact) mass is 476 g/mol. The molecule has 1 N–H and O–H groups in total. The number of nitrogens with zero attached hydrogens (tertiary/aromatic N) is 1. The molecule has 1 heterocycles. The van der Waals surface area contributed by atoms with Gasteiger partial charge in [-0.1, -0.05) is 66.2 Å². The highest BCUT2D eigenvalue weighted by atomic mass is 32.2. The molecule has 6 nitrogen and oxygen atoms in total. The molecule has 0 saturated carbocycles. The molecule has 3 aromatic carbocycles. The quantitative estimate of drug-likeness (QED) is 0.559. The molecular formula is C27H28N2O4S. The van der Waals surface area contributed by atoms with Crippen LogP contribution in [0.4, 0.5) is 5.69 Å². The summed E-state index contributed by atoms with van der Waals surface area (Å²) < 4.78 is 25.3. The van der Waals surface area contributed by atoms with Crippen molar-refractivity contribution < 1.29 is 18.0 Å². The minimum absolute atomic E-state index is 0.187. The lowest BCUT2D eigenvalue weighted by atomic mass is 9.99. The van der Waals surface area contributed by atoms with Crippen molar-refractivity contribution in [3.63, 3.8) is 0 Å². The van der Waals surface area contributed by atoms with Crippen LogP contribution in [-0.4, -0.2) is 32.5 Å². The number of fused-ring (bicyclic) bond motifs is 1. The third-order valence-corrected chi connectivity index (χ3v) is 7.77. The number of amides is 2. The van der Waals surface area contributed by atoms with Gasteiger partial charge in [-0.2, -0.15) is 0 Å². The molecule has 0 saturated heterocycles. The summed E-state index contributed by atoms with van der Waals surface area (Å²) >= 11 is 0. The van der Waals surface area contributed by atoms with E-state index >= 15 is 0 Å². The molecule has 3 aromatic rings. The molecule has 0 aromatic heterocycles. The molecule has 2 amide bonds. The van der Waals surface area contributed by atoms with Crippen LogP contribution in [0.5, 0.6) is 0 Å². The fraction of sp³-hybridized carbons (Fsp3) is 0.259. The number of hydrogen-bond donors (Lipinski definition) is 1. The summed E-state index contributed by atoms with van der Waals surface area (Å²) in [6.45, 7) is 2.45. The fourth-order valence-corrected chi connectivity index (χ4v) is 5.42. The van der Waals surface area contributed by atoms with Gasteiger partial charge in [0.25, 0.3) is 5.91 Å². The Kier molecular flexibility index (Phi) is 7.12. The molecule has 0 bridgehead atoms. The first-order valence-electron chi connectivity index (χ1n) is 11.4. The van der Waals surface area contributed by atoms with E-state index in [-0.39, 0.29) is 23.0 Å². The summed E-state index contributed by atoms with van der Waals surface area (Å²) in [5.74, 6) is -1.04. The summed E-state index contributed by atoms with van der Waals surface area (Å²) in [7, 11) is -3.61. The van der Waals surface area contributed by atoms with Crippen molar-refractivity contribution in [2.24, 2.45) is 0 Å². The Morgan fingerprint density at radius 3 is 2.35 bits per heavy atom. The van der Waals surface area contributed by atoms with E-state index in [2.05, 4.69) is 5.32 Å². The van der Waals surface area contributed by atoms with Crippen LogP contribution in [0.1, 0.15) is 35.6 Å². The van der Waals surface area contributed by atoms with Crippen LogP contribution in [0.2, 0.25) is 0 Å². The average molecular weight is 477 g/mol. The molecule has 7 heteroatoms. The van der Waals surface area contributed by atoms with E-state index in [1.807, 2.05) is 49.4 Å². The van der Waals surface area contributed by atoms with E-state index in [0.29, 0.717) is 12.1 Å². The second-order valence-corrected chi connectivity index (χ2v) is 10.6. The Morgan fingerprint density at radius 1 is 0.941 bits per heavy atom. The third kappa shape index (κ3) is 5.37. The van der Waals surface area contributed by atoms with Gasteiger partial charge in [-0.25, -0.2) is 8.42 Å². The van der Waals surface area contributed by atoms with E-state index in [1.54, 1.807) is 41.3 Å². The second-order valence-electron chi connectivity index (χ2n) is 8.52. The molecular weight excluding hydrogens is 448 g/mol. The van der Waals surface area contributed by atoms with Gasteiger partial charge in [0.05, 0.1) is 10.6 Å². The number of carbonyl (C=O) groups excluding carboxylic acids is 2. The Morgan fingerprint density at radius 2 is 1.62 bits per heavy atom. The molecule has 0 fully saturated rings. The predicted octanol–water partition coefficient (Wildman–Crippen LogP) is 4.00. The molecule has 1 aliphatic rings. The number of para-hydroxylation sites is 1. The first kappa shape index (κ1) is 23.7. The maximum absolute atomic E-state index is 13.6. The topological polar surface area (TPSA) is 83.5 Å². The van der Waals surface area contributed by atoms with Crippen molar-refractivity contribution in [1.82, 2.24) is 5.32 Å². The smallest absolute Gasteiger partial charge is 0.254 e. The highest BCUT2D eigenvalue weighted by Crippen LogP contribution is 2.29. The number of aryl methyl sites for hydroxylation is 2. The second kappa shape index (κ2) is 10.2. The standard InChI is InChI=1S/C27H28N2O4S/c1-20-13-15-23(16-14-20)34(32,33)19-17-25(30)28-26(22-9-3-2-4-10-22)27(31)29-18-7-11-21-8-5-6-12-24(21)29/h2-6,8-10,12-16,26H,7,11,17-19H2,1H3,(H,28,30)/t26-/m1/s1. The van der Waals surface area contributed by atoms with Crippen LogP contribution >= 0.6 is 0 Å². The zero-order valence-electron chi connectivity index (χ0n) is 19.1. The number of anilines is 1. The number of nitrogens with one attached hydrogen (secondary N) is 1. The van der Waals surface area contributed by atoms with Crippen LogP contribution in [0.15, 0.2) is 83.8 Å². The first-order valence-corrected chi connectivity index (χ1v) is 13.0. The largest absolute Gasteiger partial charge is 0.340 e. The molecule has 0 spiro atoms. The van der Waals surface area contributed by atoms with Gasteiger partial charge in [0.15, 0.2) is 9.84 Å². The van der Waals surface area contributed by atoms with Gasteiger partial charge in [-0.15, -0.1) is 0 Å². The zero-order chi connectivity index (χ0) is 24.1. The lowest BCUT2D eigenvalue weighted by molar-refractivity contribution is -0.127. The Hall–Kier alpha value is -3.45. The van der Waals surface area contributed by atoms with Crippen LogP contribution in [0, 0.1) is 6.92 Å². The summed E-state index contributed by atoms with van der Waals surface area (Å²) in [5.41, 5.74) is 3.57. The molecule has 176 valence electrons. The van der Waals surface area contributed by atoms with Gasteiger partial charge < -0.3 is 10.2 Å². The third-order valence-electron chi connectivity index (χ3n) is 6.04. The summed E-state index contributed by atoms with van der Waals surface area (Å²) in [6.07, 6.45) is 1.51. The van der Waals surface area contributed by atoms with E-state index in [4.69, 9.17) is 0 Å². The maximum Gasteiger partial charge on any atom is 0.254 e. The zero-order valence-corrected chi connectivity index (χ0v) is 19.9. The van der Waals surface area contributed by atoms with Crippen molar-refractivity contribution in [3.8, 4) is 0 Å². The first-order chi connectivity index (χ1) is 16.3. The van der Waals surface area contributed by atoms with E-state index in [9.17, 15) is 18.0 Å². The highest BCUT2D eigenvalue weighted by Gasteiger charge is 2.31. The fourth-order valence-electron chi connectivity index (χ4n) is 4.18. The molecule has 1 atom stereocenters. The lowest BCUT2D eigenvalue weighted by Crippen LogP contribution is -2.45. The predicted molar refractivity (Wildman–Crippen MR) is 132 cm³/mol. The number of benzene rings is 3. The maximum atomic E-state index is 13.6. The number of rotatable bonds is 7. The molecule has 0 unspecified atom stereocenters. The minimum Gasteiger partial charge on any atom is -0.340 e. The lowest BCUT2D eigenvalue weighted by Gasteiger charge is -2.32. The number of carbonyl (C=O) groups is 2. The van der Waals surface area contributed by atoms with Gasteiger partial charge in [0, 0.05) is 18.7 Å². The van der Waals surface area contributed by atoms with Gasteiger partial charge in [0.2, 0.25) is 5.91 Å². The molecule has 0 aliphatic carbocycles. The normalized spacial score (nSPS) is 14.2. The highest BCUT2D eigenvalue weighted by molar-refractivity contribution is 7.91. The van der Waals surface area contributed by atoms with E-state index in [1.165, 1.54) is 0 Å². The summed E-state index contributed by atoms with van der Waals surface area (Å²) in [6, 6.07) is 22.5. The van der Waals surface area contributed by atoms with Crippen molar-refractivity contribution in [2.75, 3.05) is 17.2 Å². The minimum atomic E-state index is -3.61. The SMILES string of the molecule is Cc1ccc(S(=O)(=O)CCC(=O)N[C@@H](C(=O)N2CCCc3ccccc32)c2ccccc2)cc1. The van der Waals surface area contributed by atoms with Crippen molar-refractivity contribution >= 4 is 27.3 Å². The van der Waals surface area contributed by atoms with Crippen LogP contribution in [-0.2, 0) is 25.8 Å². The van der Waals surface area contributed by atoms with Crippen LogP contribution in [0.25, 0.3) is 0 Å². The Bertz CT molecular complexity index is 1270. The number of hydrogen-bond acceptors (Lipinski definition) is 4. The number of sulfone groups is 1. The molecule has 34 heavy (non-hydrogen) atoms. The average Bonchev–Trinajstić information content (AvgIpc) is 2.86. The Labute approximate surface area is 200 Å². The van der Waals surface area contributed by atoms with Gasteiger partial charge >= 0.3 is 0 Å². The summed E-state index contributed by atoms with van der Waals surface area (Å²) in [4.78, 5) is 28.4. The van der Waals surface area contributed by atoms with E-state index in [0.717, 1.165) is 29.7 Å². The van der Waals surface area contributed by atoms with Gasteiger partial charge in [0.1, 0.15) is 6.04 Å². The van der Waals surface area contributed by atoms with Crippen molar-refractivity contribution in [2.45, 2.75) is 37.1 Å². The van der Waals surface area contributed by atoms with Gasteiger partial charge in [-0.05, 0) is 49.1 Å². The molecule has 1 aliphatic heterocycles. The van der Waals surface area contributed by atoms with Crippen LogP contribution < -0.4 is 10.2 Å². The molecule has 4 rings (SSSR count). The van der Waals surface area contributed by atoms with Crippen LogP contribution in [0.3, 0.4) is 0 Å². The van der Waals surface area contributed by atoms with E-state index < -0.39 is 21.8 Å². The van der Waals surface area contributed by atoms with Crippen molar-refractivity contribution in [3.05, 3.63) is 95.6 Å². The molecule has 0 radical (unpaired) electrons. The summed E-state index contributed by atoms with van der Waals surface area (Å²) in [5, 5.41) is 2.80. The van der Waals surface area contributed by atoms with Crippen molar-refractivity contribution in [1.29, 1.82) is 0 Å². The van der Waals surface area contributed by atoms with Gasteiger partial charge in [-0.3, -0.25) is 9.59 Å². The Balaban J connectivity index is 1.52.